The van der Waals surface area contributed by atoms with Crippen LogP contribution < -0.4 is 0 Å². The van der Waals surface area contributed by atoms with Crippen LogP contribution in [0.4, 0.5) is 4.39 Å². The van der Waals surface area contributed by atoms with Crippen molar-refractivity contribution in [2.24, 2.45) is 5.92 Å². The first-order chi connectivity index (χ1) is 7.06. The van der Waals surface area contributed by atoms with Crippen LogP contribution in [0, 0.1) is 11.7 Å². The number of Topliss-reactive ketones (excluding diaryl/α,β-unsaturated/α-hetero) is 1. The maximum atomic E-state index is 13.4. The fraction of sp³-hybridized carbons (Fsp3) is 0.417. The van der Waals surface area contributed by atoms with Gasteiger partial charge in [-0.25, -0.2) is 4.39 Å². The predicted octanol–water partition coefficient (Wildman–Crippen LogP) is 3.64. The lowest BCUT2D eigenvalue weighted by Crippen LogP contribution is -2.13. The molecule has 0 saturated carbocycles. The van der Waals surface area contributed by atoms with E-state index in [1.165, 1.54) is 6.07 Å². The number of carbonyl (C=O) groups is 1. The van der Waals surface area contributed by atoms with Gasteiger partial charge in [0.25, 0.3) is 0 Å². The van der Waals surface area contributed by atoms with E-state index in [1.54, 1.807) is 12.1 Å². The molecule has 3 heteroatoms. The number of hydrogen-bond acceptors (Lipinski definition) is 1. The maximum absolute atomic E-state index is 13.4. The molecule has 0 amide bonds. The third-order valence-electron chi connectivity index (χ3n) is 2.56. The van der Waals surface area contributed by atoms with Crippen molar-refractivity contribution in [3.63, 3.8) is 0 Å². The predicted molar refractivity (Wildman–Crippen MR) is 59.6 cm³/mol. The fourth-order valence-electron chi connectivity index (χ4n) is 1.27. The van der Waals surface area contributed by atoms with E-state index < -0.39 is 5.82 Å². The Balaban J connectivity index is 2.81. The van der Waals surface area contributed by atoms with Gasteiger partial charge in [0, 0.05) is 12.3 Å². The zero-order valence-corrected chi connectivity index (χ0v) is 9.64. The van der Waals surface area contributed by atoms with Crippen molar-refractivity contribution < 1.29 is 9.18 Å². The molecule has 1 nitrogen and oxygen atoms in total. The molecule has 1 aromatic rings. The molecule has 0 aromatic heterocycles. The van der Waals surface area contributed by atoms with Gasteiger partial charge in [-0.1, -0.05) is 37.6 Å². The lowest BCUT2D eigenvalue weighted by molar-refractivity contribution is -0.121. The molecule has 0 aliphatic carbocycles. The van der Waals surface area contributed by atoms with Crippen molar-refractivity contribution in [3.8, 4) is 0 Å². The van der Waals surface area contributed by atoms with E-state index in [1.807, 2.05) is 13.8 Å². The molecule has 0 fully saturated rings. The van der Waals surface area contributed by atoms with Crippen molar-refractivity contribution in [1.82, 2.24) is 0 Å². The van der Waals surface area contributed by atoms with Crippen LogP contribution in [0.5, 0.6) is 0 Å². The fourth-order valence-corrected chi connectivity index (χ4v) is 1.47. The second kappa shape index (κ2) is 5.26. The third-order valence-corrected chi connectivity index (χ3v) is 2.85. The number of carbonyl (C=O) groups excluding carboxylic acids is 1. The van der Waals surface area contributed by atoms with Gasteiger partial charge >= 0.3 is 0 Å². The highest BCUT2D eigenvalue weighted by atomic mass is 35.5. The zero-order valence-electron chi connectivity index (χ0n) is 8.89. The van der Waals surface area contributed by atoms with Crippen LogP contribution in [0.25, 0.3) is 0 Å². The van der Waals surface area contributed by atoms with Gasteiger partial charge in [0.15, 0.2) is 0 Å². The van der Waals surface area contributed by atoms with Gasteiger partial charge in [-0.15, -0.1) is 0 Å². The molecule has 0 aliphatic heterocycles. The highest BCUT2D eigenvalue weighted by Gasteiger charge is 2.14. The molecule has 1 rings (SSSR count). The first kappa shape index (κ1) is 12.2. The molecule has 82 valence electrons. The lowest BCUT2D eigenvalue weighted by atomic mass is 9.97. The number of rotatable bonds is 4. The van der Waals surface area contributed by atoms with Crippen LogP contribution in [0.2, 0.25) is 5.02 Å². The molecule has 1 atom stereocenters. The number of benzene rings is 1. The molecule has 15 heavy (non-hydrogen) atoms. The lowest BCUT2D eigenvalue weighted by Gasteiger charge is -2.08. The molecular formula is C12H14ClFO. The summed E-state index contributed by atoms with van der Waals surface area (Å²) < 4.78 is 13.4. The van der Waals surface area contributed by atoms with Gasteiger partial charge in [-0.2, -0.15) is 0 Å². The van der Waals surface area contributed by atoms with E-state index >= 15 is 0 Å². The smallest absolute Gasteiger partial charge is 0.145 e. The zero-order chi connectivity index (χ0) is 11.4. The summed E-state index contributed by atoms with van der Waals surface area (Å²) in [6, 6.07) is 4.74. The van der Waals surface area contributed by atoms with Gasteiger partial charge in [-0.3, -0.25) is 4.79 Å². The van der Waals surface area contributed by atoms with Crippen LogP contribution in [0.15, 0.2) is 18.2 Å². The van der Waals surface area contributed by atoms with Crippen molar-refractivity contribution >= 4 is 17.4 Å². The second-order valence-corrected chi connectivity index (χ2v) is 4.07. The molecule has 0 heterocycles. The van der Waals surface area contributed by atoms with Gasteiger partial charge in [0.05, 0.1) is 5.02 Å². The molecule has 1 unspecified atom stereocenters. The normalized spacial score (nSPS) is 12.5. The van der Waals surface area contributed by atoms with E-state index in [-0.39, 0.29) is 23.1 Å². The van der Waals surface area contributed by atoms with Gasteiger partial charge in [0.1, 0.15) is 11.6 Å². The molecular weight excluding hydrogens is 215 g/mol. The average molecular weight is 229 g/mol. The number of halogens is 2. The van der Waals surface area contributed by atoms with Crippen molar-refractivity contribution in [2.45, 2.75) is 26.7 Å². The molecule has 0 N–H and O–H groups in total. The molecule has 0 aliphatic rings. The topological polar surface area (TPSA) is 17.1 Å². The Morgan fingerprint density at radius 1 is 1.53 bits per heavy atom. The quantitative estimate of drug-likeness (QED) is 0.769. The monoisotopic (exact) mass is 228 g/mol. The van der Waals surface area contributed by atoms with Crippen molar-refractivity contribution in [2.75, 3.05) is 0 Å². The summed E-state index contributed by atoms with van der Waals surface area (Å²) in [7, 11) is 0. The average Bonchev–Trinajstić information content (AvgIpc) is 2.23. The van der Waals surface area contributed by atoms with E-state index in [0.29, 0.717) is 5.56 Å². The van der Waals surface area contributed by atoms with Crippen LogP contribution in [0.1, 0.15) is 25.8 Å². The standard InChI is InChI=1S/C12H14ClFO/c1-3-8(2)11(15)7-9-5-4-6-10(13)12(9)14/h4-6,8H,3,7H2,1-2H3. The largest absolute Gasteiger partial charge is 0.299 e. The van der Waals surface area contributed by atoms with Gasteiger partial charge in [-0.05, 0) is 18.1 Å². The minimum Gasteiger partial charge on any atom is -0.299 e. The first-order valence-corrected chi connectivity index (χ1v) is 5.39. The molecule has 0 radical (unpaired) electrons. The van der Waals surface area contributed by atoms with E-state index in [2.05, 4.69) is 0 Å². The SMILES string of the molecule is CCC(C)C(=O)Cc1cccc(Cl)c1F. The highest BCUT2D eigenvalue weighted by molar-refractivity contribution is 6.30. The Kier molecular flexibility index (Phi) is 4.28. The molecule has 0 bridgehead atoms. The Bertz CT molecular complexity index is 363. The van der Waals surface area contributed by atoms with Crippen molar-refractivity contribution in [1.29, 1.82) is 0 Å². The number of ketones is 1. The summed E-state index contributed by atoms with van der Waals surface area (Å²) in [5, 5.41) is 0.0736. The van der Waals surface area contributed by atoms with Crippen LogP contribution in [-0.2, 0) is 11.2 Å². The molecule has 1 aromatic carbocycles. The van der Waals surface area contributed by atoms with Crippen LogP contribution >= 0.6 is 11.6 Å². The highest BCUT2D eigenvalue weighted by Crippen LogP contribution is 2.19. The van der Waals surface area contributed by atoms with E-state index in [9.17, 15) is 9.18 Å². The Labute approximate surface area is 94.3 Å². The summed E-state index contributed by atoms with van der Waals surface area (Å²) in [6.45, 7) is 3.79. The Morgan fingerprint density at radius 2 is 2.20 bits per heavy atom. The first-order valence-electron chi connectivity index (χ1n) is 5.01. The summed E-state index contributed by atoms with van der Waals surface area (Å²) in [6.07, 6.45) is 0.905. The third kappa shape index (κ3) is 3.03. The molecule has 0 spiro atoms. The summed E-state index contributed by atoms with van der Waals surface area (Å²) in [5.41, 5.74) is 0.382. The Hall–Kier alpha value is -0.890. The summed E-state index contributed by atoms with van der Waals surface area (Å²) in [4.78, 5) is 11.6. The molecule has 0 saturated heterocycles. The minimum absolute atomic E-state index is 0.0246. The second-order valence-electron chi connectivity index (χ2n) is 3.67. The minimum atomic E-state index is -0.476. The Morgan fingerprint density at radius 3 is 2.80 bits per heavy atom. The van der Waals surface area contributed by atoms with Crippen LogP contribution in [0.3, 0.4) is 0 Å². The van der Waals surface area contributed by atoms with E-state index in [4.69, 9.17) is 11.6 Å². The van der Waals surface area contributed by atoms with Crippen LogP contribution in [-0.4, -0.2) is 5.78 Å². The summed E-state index contributed by atoms with van der Waals surface area (Å²) >= 11 is 5.62. The maximum Gasteiger partial charge on any atom is 0.145 e. The van der Waals surface area contributed by atoms with Crippen molar-refractivity contribution in [3.05, 3.63) is 34.6 Å². The van der Waals surface area contributed by atoms with E-state index in [0.717, 1.165) is 6.42 Å². The summed E-state index contributed by atoms with van der Waals surface area (Å²) in [5.74, 6) is -0.446. The van der Waals surface area contributed by atoms with Gasteiger partial charge in [0.2, 0.25) is 0 Å². The number of hydrogen-bond donors (Lipinski definition) is 0. The van der Waals surface area contributed by atoms with Gasteiger partial charge < -0.3 is 0 Å².